The molecule has 0 saturated carbocycles. The van der Waals surface area contributed by atoms with Crippen LogP contribution in [0.25, 0.3) is 0 Å². The molecular weight excluding hydrogens is 224 g/mol. The number of phenols is 1. The zero-order chi connectivity index (χ0) is 11.4. The van der Waals surface area contributed by atoms with Gasteiger partial charge in [0.2, 0.25) is 0 Å². The summed E-state index contributed by atoms with van der Waals surface area (Å²) in [6.07, 6.45) is 3.10. The summed E-state index contributed by atoms with van der Waals surface area (Å²) in [4.78, 5) is 0. The Morgan fingerprint density at radius 3 is 2.75 bits per heavy atom. The van der Waals surface area contributed by atoms with Gasteiger partial charge in [0.15, 0.2) is 5.82 Å². The minimum absolute atomic E-state index is 0.223. The van der Waals surface area contributed by atoms with E-state index in [0.29, 0.717) is 5.82 Å². The van der Waals surface area contributed by atoms with Gasteiger partial charge in [-0.1, -0.05) is 12.2 Å². The van der Waals surface area contributed by atoms with Gasteiger partial charge in [-0.3, -0.25) is 0 Å². The minimum Gasteiger partial charge on any atom is -0.508 e. The summed E-state index contributed by atoms with van der Waals surface area (Å²) >= 11 is 4.75. The van der Waals surface area contributed by atoms with Gasteiger partial charge in [0.05, 0.1) is 6.21 Å². The lowest BCUT2D eigenvalue weighted by Crippen LogP contribution is -1.95. The van der Waals surface area contributed by atoms with Crippen LogP contribution < -0.4 is 0 Å². The molecule has 0 saturated heterocycles. The first-order chi connectivity index (χ1) is 7.79. The SMILES string of the molecule is Oc1ccc(C=Nn2cnnc2C=S)cc1. The van der Waals surface area contributed by atoms with Crippen LogP contribution in [0, 0.1) is 0 Å². The summed E-state index contributed by atoms with van der Waals surface area (Å²) in [7, 11) is 0. The Morgan fingerprint density at radius 2 is 2.06 bits per heavy atom. The fraction of sp³-hybridized carbons (Fsp3) is 0. The zero-order valence-electron chi connectivity index (χ0n) is 8.19. The van der Waals surface area contributed by atoms with Crippen molar-refractivity contribution >= 4 is 23.8 Å². The van der Waals surface area contributed by atoms with E-state index in [9.17, 15) is 0 Å². The van der Waals surface area contributed by atoms with Crippen molar-refractivity contribution in [1.29, 1.82) is 0 Å². The van der Waals surface area contributed by atoms with Crippen molar-refractivity contribution in [3.05, 3.63) is 42.0 Å². The largest absolute Gasteiger partial charge is 0.508 e. The van der Waals surface area contributed by atoms with Crippen LogP contribution in [0.3, 0.4) is 0 Å². The number of rotatable bonds is 3. The van der Waals surface area contributed by atoms with E-state index in [1.54, 1.807) is 30.5 Å². The smallest absolute Gasteiger partial charge is 0.188 e. The fourth-order valence-corrected chi connectivity index (χ4v) is 1.25. The number of hydrogen-bond donors (Lipinski definition) is 1. The molecule has 0 radical (unpaired) electrons. The summed E-state index contributed by atoms with van der Waals surface area (Å²) in [5.74, 6) is 0.728. The maximum atomic E-state index is 9.10. The van der Waals surface area contributed by atoms with Crippen LogP contribution in [0.4, 0.5) is 0 Å². The highest BCUT2D eigenvalue weighted by Crippen LogP contribution is 2.07. The van der Waals surface area contributed by atoms with Gasteiger partial charge in [-0.05, 0) is 29.8 Å². The van der Waals surface area contributed by atoms with Crippen molar-refractivity contribution in [2.24, 2.45) is 5.10 Å². The number of benzene rings is 1. The zero-order valence-corrected chi connectivity index (χ0v) is 9.00. The third kappa shape index (κ3) is 2.29. The number of phenolic OH excluding ortho intramolecular Hbond substituents is 1. The maximum absolute atomic E-state index is 9.10. The van der Waals surface area contributed by atoms with Crippen molar-refractivity contribution in [3.63, 3.8) is 0 Å². The van der Waals surface area contributed by atoms with Crippen molar-refractivity contribution in [2.45, 2.75) is 0 Å². The van der Waals surface area contributed by atoms with E-state index in [4.69, 9.17) is 17.3 Å². The molecule has 0 atom stereocenters. The van der Waals surface area contributed by atoms with E-state index >= 15 is 0 Å². The predicted molar refractivity (Wildman–Crippen MR) is 63.9 cm³/mol. The van der Waals surface area contributed by atoms with Crippen LogP contribution in [-0.4, -0.2) is 31.6 Å². The molecule has 0 unspecified atom stereocenters. The lowest BCUT2D eigenvalue weighted by molar-refractivity contribution is 0.475. The summed E-state index contributed by atoms with van der Waals surface area (Å²) < 4.78 is 1.47. The highest BCUT2D eigenvalue weighted by Gasteiger charge is 1.96. The molecule has 0 aliphatic carbocycles. The first kappa shape index (κ1) is 10.4. The summed E-state index contributed by atoms with van der Waals surface area (Å²) in [5.41, 5.74) is 0.863. The van der Waals surface area contributed by atoms with Crippen molar-refractivity contribution in [2.75, 3.05) is 0 Å². The third-order valence-electron chi connectivity index (χ3n) is 1.89. The highest BCUT2D eigenvalue weighted by molar-refractivity contribution is 7.79. The van der Waals surface area contributed by atoms with Gasteiger partial charge in [0.1, 0.15) is 12.1 Å². The Labute approximate surface area is 97.1 Å². The molecule has 2 aromatic rings. The Hall–Kier alpha value is -2.08. The topological polar surface area (TPSA) is 63.3 Å². The van der Waals surface area contributed by atoms with Gasteiger partial charge < -0.3 is 5.11 Å². The fourth-order valence-electron chi connectivity index (χ4n) is 1.09. The van der Waals surface area contributed by atoms with Crippen LogP contribution in [0.5, 0.6) is 5.75 Å². The first-order valence-corrected chi connectivity index (χ1v) is 4.95. The van der Waals surface area contributed by atoms with E-state index in [1.165, 1.54) is 16.4 Å². The summed E-state index contributed by atoms with van der Waals surface area (Å²) in [6.45, 7) is 0. The molecule has 80 valence electrons. The molecule has 0 spiro atoms. The lowest BCUT2D eigenvalue weighted by atomic mass is 10.2. The average Bonchev–Trinajstić information content (AvgIpc) is 2.76. The molecule has 6 heteroatoms. The monoisotopic (exact) mass is 232 g/mol. The number of thiocarbonyl (C=S) groups is 1. The van der Waals surface area contributed by atoms with Gasteiger partial charge >= 0.3 is 0 Å². The van der Waals surface area contributed by atoms with Gasteiger partial charge in [0, 0.05) is 5.37 Å². The van der Waals surface area contributed by atoms with Crippen LogP contribution in [-0.2, 0) is 0 Å². The van der Waals surface area contributed by atoms with Gasteiger partial charge in [-0.2, -0.15) is 9.78 Å². The van der Waals surface area contributed by atoms with E-state index in [0.717, 1.165) is 5.56 Å². The number of nitrogens with zero attached hydrogens (tertiary/aromatic N) is 4. The van der Waals surface area contributed by atoms with Crippen LogP contribution in [0.15, 0.2) is 35.7 Å². The van der Waals surface area contributed by atoms with Gasteiger partial charge in [-0.25, -0.2) is 0 Å². The second kappa shape index (κ2) is 4.63. The molecular formula is C10H8N4OS. The number of hydrogen-bond acceptors (Lipinski definition) is 5. The molecule has 5 nitrogen and oxygen atoms in total. The molecule has 1 heterocycles. The molecule has 1 aromatic heterocycles. The van der Waals surface area contributed by atoms with E-state index < -0.39 is 0 Å². The Bertz CT molecular complexity index is 518. The Kier molecular flexibility index (Phi) is 3.02. The third-order valence-corrected chi connectivity index (χ3v) is 2.10. The number of aromatic hydroxyl groups is 1. The molecule has 0 bridgehead atoms. The van der Waals surface area contributed by atoms with Crippen LogP contribution >= 0.6 is 12.2 Å². The normalized spacial score (nSPS) is 10.8. The lowest BCUT2D eigenvalue weighted by Gasteiger charge is -1.95. The molecule has 0 aliphatic rings. The molecule has 0 amide bonds. The van der Waals surface area contributed by atoms with Crippen LogP contribution in [0.1, 0.15) is 11.4 Å². The average molecular weight is 232 g/mol. The van der Waals surface area contributed by atoms with Gasteiger partial charge in [-0.15, -0.1) is 10.2 Å². The predicted octanol–water partition coefficient (Wildman–Crippen LogP) is 1.21. The van der Waals surface area contributed by atoms with E-state index in [-0.39, 0.29) is 5.75 Å². The molecule has 1 aromatic carbocycles. The number of aromatic nitrogens is 3. The second-order valence-electron chi connectivity index (χ2n) is 2.99. The quantitative estimate of drug-likeness (QED) is 0.638. The second-order valence-corrected chi connectivity index (χ2v) is 3.22. The summed E-state index contributed by atoms with van der Waals surface area (Å²) in [5, 5.41) is 22.1. The Balaban J connectivity index is 2.21. The van der Waals surface area contributed by atoms with Crippen molar-refractivity contribution in [1.82, 2.24) is 14.9 Å². The Morgan fingerprint density at radius 1 is 1.31 bits per heavy atom. The minimum atomic E-state index is 0.223. The summed E-state index contributed by atoms with van der Waals surface area (Å²) in [6, 6.07) is 6.68. The molecule has 2 rings (SSSR count). The standard InChI is InChI=1S/C10H8N4OS/c15-9-3-1-8(2-4-9)5-12-14-7-11-13-10(14)6-16/h1-7,15H. The van der Waals surface area contributed by atoms with E-state index in [2.05, 4.69) is 15.3 Å². The highest BCUT2D eigenvalue weighted by atomic mass is 32.1. The van der Waals surface area contributed by atoms with Crippen molar-refractivity contribution in [3.8, 4) is 5.75 Å². The van der Waals surface area contributed by atoms with E-state index in [1.807, 2.05) is 0 Å². The van der Waals surface area contributed by atoms with Crippen LogP contribution in [0.2, 0.25) is 0 Å². The molecule has 16 heavy (non-hydrogen) atoms. The van der Waals surface area contributed by atoms with Crippen molar-refractivity contribution < 1.29 is 5.11 Å². The molecule has 0 aliphatic heterocycles. The maximum Gasteiger partial charge on any atom is 0.188 e. The molecule has 1 N–H and O–H groups in total. The first-order valence-electron chi connectivity index (χ1n) is 4.48. The van der Waals surface area contributed by atoms with Gasteiger partial charge in [0.25, 0.3) is 0 Å². The molecule has 0 fully saturated rings.